The van der Waals surface area contributed by atoms with E-state index in [0.29, 0.717) is 29.0 Å². The Labute approximate surface area is 157 Å². The number of rotatable bonds is 1. The van der Waals surface area contributed by atoms with Crippen molar-refractivity contribution in [2.24, 2.45) is 35.0 Å². The van der Waals surface area contributed by atoms with Crippen molar-refractivity contribution in [2.45, 2.75) is 99.8 Å². The minimum atomic E-state index is 0.242. The van der Waals surface area contributed by atoms with Gasteiger partial charge in [-0.1, -0.05) is 59.6 Å². The second-order valence-electron chi connectivity index (χ2n) is 10.2. The number of allylic oxidation sites excluding steroid dienone is 2. The number of Topliss-reactive ketones (excluding diaryl/α,β-unsaturated/α-hetero) is 1. The third-order valence-electron chi connectivity index (χ3n) is 7.19. The van der Waals surface area contributed by atoms with Crippen LogP contribution >= 0.6 is 0 Å². The molecule has 0 amide bonds. The van der Waals surface area contributed by atoms with E-state index < -0.39 is 0 Å². The first-order chi connectivity index (χ1) is 11.6. The summed E-state index contributed by atoms with van der Waals surface area (Å²) in [6, 6.07) is 0. The van der Waals surface area contributed by atoms with Crippen molar-refractivity contribution in [1.82, 2.24) is 0 Å². The highest BCUT2D eigenvalue weighted by atomic mass is 16.1. The predicted molar refractivity (Wildman–Crippen MR) is 109 cm³/mol. The third kappa shape index (κ3) is 5.20. The van der Waals surface area contributed by atoms with Gasteiger partial charge >= 0.3 is 0 Å². The topological polar surface area (TPSA) is 17.1 Å². The van der Waals surface area contributed by atoms with E-state index in [2.05, 4.69) is 48.5 Å². The molecule has 1 saturated carbocycles. The standard InChI is InChI=1S/C24H42O/c1-8-21-18(4)11-16(2)9-10-23(25)19(5)12-17(3)13-24(7)14-20(6)22(21)15-24/h16-20H,8-15H2,1-7H3/b22-21-. The fourth-order valence-corrected chi connectivity index (χ4v) is 6.20. The molecular formula is C24H42O. The summed E-state index contributed by atoms with van der Waals surface area (Å²) in [4.78, 5) is 12.6. The molecule has 1 nitrogen and oxygen atoms in total. The Morgan fingerprint density at radius 2 is 1.56 bits per heavy atom. The van der Waals surface area contributed by atoms with Crippen LogP contribution in [0, 0.1) is 35.0 Å². The lowest BCUT2D eigenvalue weighted by molar-refractivity contribution is -0.123. The molecule has 1 heteroatoms. The summed E-state index contributed by atoms with van der Waals surface area (Å²) < 4.78 is 0. The van der Waals surface area contributed by atoms with Crippen LogP contribution < -0.4 is 0 Å². The molecule has 2 aliphatic carbocycles. The maximum atomic E-state index is 12.6. The molecular weight excluding hydrogens is 304 g/mol. The first-order valence-electron chi connectivity index (χ1n) is 10.9. The van der Waals surface area contributed by atoms with Gasteiger partial charge in [-0.3, -0.25) is 4.79 Å². The largest absolute Gasteiger partial charge is 0.299 e. The van der Waals surface area contributed by atoms with Crippen molar-refractivity contribution in [1.29, 1.82) is 0 Å². The van der Waals surface area contributed by atoms with Gasteiger partial charge in [-0.2, -0.15) is 0 Å². The van der Waals surface area contributed by atoms with Crippen LogP contribution in [-0.2, 0) is 4.79 Å². The van der Waals surface area contributed by atoms with Crippen LogP contribution in [0.4, 0.5) is 0 Å². The normalized spacial score (nSPS) is 44.6. The summed E-state index contributed by atoms with van der Waals surface area (Å²) in [5.41, 5.74) is 3.97. The van der Waals surface area contributed by atoms with E-state index in [0.717, 1.165) is 25.2 Å². The van der Waals surface area contributed by atoms with Crippen LogP contribution in [0.5, 0.6) is 0 Å². The lowest BCUT2D eigenvalue weighted by Crippen LogP contribution is -2.21. The predicted octanol–water partition coefficient (Wildman–Crippen LogP) is 7.21. The van der Waals surface area contributed by atoms with Crippen molar-refractivity contribution < 1.29 is 4.79 Å². The van der Waals surface area contributed by atoms with Crippen molar-refractivity contribution in [3.8, 4) is 0 Å². The molecule has 0 spiro atoms. The molecule has 6 atom stereocenters. The van der Waals surface area contributed by atoms with Gasteiger partial charge in [0.1, 0.15) is 5.78 Å². The first-order valence-corrected chi connectivity index (χ1v) is 10.9. The molecule has 0 heterocycles. The van der Waals surface area contributed by atoms with Crippen LogP contribution in [0.25, 0.3) is 0 Å². The highest BCUT2D eigenvalue weighted by Gasteiger charge is 2.39. The fourth-order valence-electron chi connectivity index (χ4n) is 6.20. The van der Waals surface area contributed by atoms with Gasteiger partial charge in [-0.15, -0.1) is 0 Å². The number of hydrogen-bond donors (Lipinski definition) is 0. The van der Waals surface area contributed by atoms with Crippen molar-refractivity contribution >= 4 is 5.78 Å². The Balaban J connectivity index is 2.31. The van der Waals surface area contributed by atoms with Gasteiger partial charge in [0.05, 0.1) is 0 Å². The minimum absolute atomic E-state index is 0.242. The van der Waals surface area contributed by atoms with Gasteiger partial charge in [0.2, 0.25) is 0 Å². The molecule has 0 N–H and O–H groups in total. The van der Waals surface area contributed by atoms with E-state index in [-0.39, 0.29) is 5.92 Å². The number of hydrogen-bond acceptors (Lipinski definition) is 1. The molecule has 0 radical (unpaired) electrons. The van der Waals surface area contributed by atoms with Gasteiger partial charge in [0.25, 0.3) is 0 Å². The number of carbonyl (C=O) groups excluding carboxylic acids is 1. The van der Waals surface area contributed by atoms with Gasteiger partial charge in [0.15, 0.2) is 0 Å². The quantitative estimate of drug-likeness (QED) is 0.458. The van der Waals surface area contributed by atoms with Crippen LogP contribution in [0.3, 0.4) is 0 Å². The minimum Gasteiger partial charge on any atom is -0.299 e. The summed E-state index contributed by atoms with van der Waals surface area (Å²) in [5.74, 6) is 3.46. The first kappa shape index (κ1) is 20.7. The van der Waals surface area contributed by atoms with E-state index >= 15 is 0 Å². The number of carbonyl (C=O) groups is 1. The zero-order valence-electron chi connectivity index (χ0n) is 18.0. The van der Waals surface area contributed by atoms with Crippen molar-refractivity contribution in [2.75, 3.05) is 0 Å². The second kappa shape index (κ2) is 8.40. The monoisotopic (exact) mass is 346 g/mol. The van der Waals surface area contributed by atoms with Crippen molar-refractivity contribution in [3.05, 3.63) is 11.1 Å². The summed E-state index contributed by atoms with van der Waals surface area (Å²) in [7, 11) is 0. The number of ketones is 1. The van der Waals surface area contributed by atoms with Crippen LogP contribution in [0.2, 0.25) is 0 Å². The molecule has 2 rings (SSSR count). The average Bonchev–Trinajstić information content (AvgIpc) is 2.78. The zero-order chi connectivity index (χ0) is 18.8. The smallest absolute Gasteiger partial charge is 0.135 e. The van der Waals surface area contributed by atoms with E-state index in [9.17, 15) is 4.79 Å². The van der Waals surface area contributed by atoms with Crippen LogP contribution in [0.15, 0.2) is 11.1 Å². The lowest BCUT2D eigenvalue weighted by atomic mass is 9.75. The number of fused-ring (bicyclic) bond motifs is 2. The van der Waals surface area contributed by atoms with E-state index in [1.54, 1.807) is 11.1 Å². The molecule has 0 aromatic rings. The maximum Gasteiger partial charge on any atom is 0.135 e. The molecule has 0 saturated heterocycles. The molecule has 2 aliphatic rings. The van der Waals surface area contributed by atoms with Crippen molar-refractivity contribution in [3.63, 3.8) is 0 Å². The summed E-state index contributed by atoms with van der Waals surface area (Å²) in [6.45, 7) is 16.6. The molecule has 0 aromatic carbocycles. The highest BCUT2D eigenvalue weighted by molar-refractivity contribution is 5.80. The van der Waals surface area contributed by atoms with Crippen LogP contribution in [0.1, 0.15) is 99.8 Å². The Bertz CT molecular complexity index is 502. The Morgan fingerprint density at radius 3 is 2.20 bits per heavy atom. The summed E-state index contributed by atoms with van der Waals surface area (Å²) >= 11 is 0. The third-order valence-corrected chi connectivity index (χ3v) is 7.19. The van der Waals surface area contributed by atoms with Gasteiger partial charge in [-0.05, 0) is 74.0 Å². The fraction of sp³-hybridized carbons (Fsp3) is 0.875. The molecule has 0 aromatic heterocycles. The average molecular weight is 347 g/mol. The molecule has 2 bridgehead atoms. The Hall–Kier alpha value is -0.590. The molecule has 25 heavy (non-hydrogen) atoms. The van der Waals surface area contributed by atoms with Gasteiger partial charge < -0.3 is 0 Å². The second-order valence-corrected chi connectivity index (χ2v) is 10.2. The maximum absolute atomic E-state index is 12.6. The molecule has 0 aliphatic heterocycles. The van der Waals surface area contributed by atoms with E-state index in [1.165, 1.54) is 32.1 Å². The van der Waals surface area contributed by atoms with E-state index in [4.69, 9.17) is 0 Å². The molecule has 1 fully saturated rings. The Morgan fingerprint density at radius 1 is 0.920 bits per heavy atom. The zero-order valence-corrected chi connectivity index (χ0v) is 18.0. The van der Waals surface area contributed by atoms with Gasteiger partial charge in [-0.25, -0.2) is 0 Å². The summed E-state index contributed by atoms with van der Waals surface area (Å²) in [5, 5.41) is 0. The molecule has 6 unspecified atom stereocenters. The lowest BCUT2D eigenvalue weighted by Gasteiger charge is -2.29. The Kier molecular flexibility index (Phi) is 6.96. The van der Waals surface area contributed by atoms with Crippen LogP contribution in [-0.4, -0.2) is 5.78 Å². The highest BCUT2D eigenvalue weighted by Crippen LogP contribution is 2.51. The summed E-state index contributed by atoms with van der Waals surface area (Å²) in [6.07, 6.45) is 9.29. The van der Waals surface area contributed by atoms with E-state index in [1.807, 2.05) is 0 Å². The molecule has 144 valence electrons. The SMILES string of the molecule is CC/C1=C2\CC(C)(CC(C)CC(C)C(=O)CCC(C)CC1C)CC2C. The van der Waals surface area contributed by atoms with Gasteiger partial charge in [0, 0.05) is 12.3 Å².